The molecule has 0 amide bonds. The molecule has 5 heteroatoms. The number of carbonyl (C=O) groups excluding carboxylic acids is 1. The Bertz CT molecular complexity index is 422. The Balaban J connectivity index is 2.78. The molecule has 0 spiro atoms. The third-order valence-electron chi connectivity index (χ3n) is 2.13. The fourth-order valence-electron chi connectivity index (χ4n) is 1.37. The van der Waals surface area contributed by atoms with Crippen LogP contribution in [0.25, 0.3) is 0 Å². The molecule has 0 saturated heterocycles. The first-order valence-corrected chi connectivity index (χ1v) is 5.65. The minimum Gasteiger partial charge on any atom is -0.481 e. The minimum absolute atomic E-state index is 0.0328. The molecule has 18 heavy (non-hydrogen) atoms. The van der Waals surface area contributed by atoms with Crippen LogP contribution in [0.5, 0.6) is 0 Å². The summed E-state index contributed by atoms with van der Waals surface area (Å²) in [7, 11) is 0. The number of pyridine rings is 1. The van der Waals surface area contributed by atoms with E-state index >= 15 is 0 Å². The van der Waals surface area contributed by atoms with Gasteiger partial charge in [-0.2, -0.15) is 0 Å². The predicted molar refractivity (Wildman–Crippen MR) is 64.9 cm³/mol. The van der Waals surface area contributed by atoms with Gasteiger partial charge in [0.2, 0.25) is 0 Å². The number of nitrogens with zero attached hydrogens (tertiary/aromatic N) is 1. The van der Waals surface area contributed by atoms with Crippen LogP contribution >= 0.6 is 0 Å². The lowest BCUT2D eigenvalue weighted by molar-refractivity contribution is -0.166. The molecule has 0 unspecified atom stereocenters. The maximum absolute atomic E-state index is 11.8. The lowest BCUT2D eigenvalue weighted by Crippen LogP contribution is -2.34. The SMILES string of the molecule is CC(C)(C)OC(=O)[C@@H](Cc1ccccn1)C(=O)O. The Morgan fingerprint density at radius 3 is 2.50 bits per heavy atom. The number of carboxylic acids is 1. The van der Waals surface area contributed by atoms with Gasteiger partial charge in [-0.3, -0.25) is 14.6 Å². The molecule has 1 atom stereocenters. The molecular formula is C13H17NO4. The predicted octanol–water partition coefficient (Wildman–Crippen LogP) is 1.67. The van der Waals surface area contributed by atoms with Crippen molar-refractivity contribution in [3.05, 3.63) is 30.1 Å². The van der Waals surface area contributed by atoms with E-state index in [9.17, 15) is 9.59 Å². The van der Waals surface area contributed by atoms with E-state index in [0.717, 1.165) is 0 Å². The van der Waals surface area contributed by atoms with E-state index in [0.29, 0.717) is 5.69 Å². The van der Waals surface area contributed by atoms with E-state index in [1.165, 1.54) is 0 Å². The molecule has 1 aromatic rings. The summed E-state index contributed by atoms with van der Waals surface area (Å²) in [6.45, 7) is 5.10. The van der Waals surface area contributed by atoms with Crippen molar-refractivity contribution in [2.45, 2.75) is 32.8 Å². The second-order valence-electron chi connectivity index (χ2n) is 4.95. The summed E-state index contributed by atoms with van der Waals surface area (Å²) in [5.41, 5.74) is -0.148. The van der Waals surface area contributed by atoms with Gasteiger partial charge < -0.3 is 9.84 Å². The van der Waals surface area contributed by atoms with Crippen LogP contribution in [0.3, 0.4) is 0 Å². The fourth-order valence-corrected chi connectivity index (χ4v) is 1.37. The molecule has 5 nitrogen and oxygen atoms in total. The van der Waals surface area contributed by atoms with E-state index < -0.39 is 23.5 Å². The highest BCUT2D eigenvalue weighted by Crippen LogP contribution is 2.15. The van der Waals surface area contributed by atoms with Crippen molar-refractivity contribution in [3.8, 4) is 0 Å². The number of carboxylic acid groups (broad SMARTS) is 1. The highest BCUT2D eigenvalue weighted by Gasteiger charge is 2.31. The Morgan fingerprint density at radius 1 is 1.39 bits per heavy atom. The highest BCUT2D eigenvalue weighted by molar-refractivity contribution is 5.94. The molecule has 1 N–H and O–H groups in total. The summed E-state index contributed by atoms with van der Waals surface area (Å²) in [6.07, 6.45) is 1.59. The van der Waals surface area contributed by atoms with Crippen LogP contribution < -0.4 is 0 Å². The first kappa shape index (κ1) is 14.2. The Labute approximate surface area is 106 Å². The maximum atomic E-state index is 11.8. The molecule has 0 saturated carbocycles. The standard InChI is InChI=1S/C13H17NO4/c1-13(2,3)18-12(17)10(11(15)16)8-9-6-4-5-7-14-9/h4-7,10H,8H2,1-3H3,(H,15,16)/t10-/m0/s1. The molecule has 0 aliphatic rings. The van der Waals surface area contributed by atoms with Gasteiger partial charge in [-0.1, -0.05) is 6.07 Å². The largest absolute Gasteiger partial charge is 0.481 e. The van der Waals surface area contributed by atoms with Crippen LogP contribution in [0.1, 0.15) is 26.5 Å². The minimum atomic E-state index is -1.22. The average Bonchev–Trinajstić information content (AvgIpc) is 2.24. The van der Waals surface area contributed by atoms with Gasteiger partial charge in [0.15, 0.2) is 5.92 Å². The second-order valence-corrected chi connectivity index (χ2v) is 4.95. The summed E-state index contributed by atoms with van der Waals surface area (Å²) >= 11 is 0. The summed E-state index contributed by atoms with van der Waals surface area (Å²) in [5, 5.41) is 9.07. The van der Waals surface area contributed by atoms with Crippen LogP contribution in [0, 0.1) is 5.92 Å². The highest BCUT2D eigenvalue weighted by atomic mass is 16.6. The zero-order chi connectivity index (χ0) is 13.8. The molecule has 0 aliphatic heterocycles. The molecule has 1 aromatic heterocycles. The Kier molecular flexibility index (Phi) is 4.42. The van der Waals surface area contributed by atoms with Gasteiger partial charge in [0, 0.05) is 18.3 Å². The summed E-state index contributed by atoms with van der Waals surface area (Å²) in [4.78, 5) is 26.9. The maximum Gasteiger partial charge on any atom is 0.321 e. The second kappa shape index (κ2) is 5.62. The van der Waals surface area contributed by atoms with Crippen molar-refractivity contribution in [2.24, 2.45) is 5.92 Å². The summed E-state index contributed by atoms with van der Waals surface area (Å²) < 4.78 is 5.09. The quantitative estimate of drug-likeness (QED) is 0.650. The van der Waals surface area contributed by atoms with Gasteiger partial charge in [-0.15, -0.1) is 0 Å². The van der Waals surface area contributed by atoms with Crippen LogP contribution in [-0.4, -0.2) is 27.6 Å². The van der Waals surface area contributed by atoms with Crippen molar-refractivity contribution >= 4 is 11.9 Å². The number of hydrogen-bond acceptors (Lipinski definition) is 4. The van der Waals surface area contributed by atoms with E-state index in [4.69, 9.17) is 9.84 Å². The smallest absolute Gasteiger partial charge is 0.321 e. The van der Waals surface area contributed by atoms with Crippen molar-refractivity contribution in [2.75, 3.05) is 0 Å². The van der Waals surface area contributed by atoms with Gasteiger partial charge in [0.1, 0.15) is 5.60 Å². The monoisotopic (exact) mass is 251 g/mol. The number of aliphatic carboxylic acids is 1. The molecular weight excluding hydrogens is 234 g/mol. The van der Waals surface area contributed by atoms with Gasteiger partial charge in [0.25, 0.3) is 0 Å². The summed E-state index contributed by atoms with van der Waals surface area (Å²) in [6, 6.07) is 5.16. The first-order valence-electron chi connectivity index (χ1n) is 5.65. The van der Waals surface area contributed by atoms with E-state index in [2.05, 4.69) is 4.98 Å². The van der Waals surface area contributed by atoms with Crippen LogP contribution in [0.2, 0.25) is 0 Å². The number of carbonyl (C=O) groups is 2. The van der Waals surface area contributed by atoms with Gasteiger partial charge in [-0.05, 0) is 32.9 Å². The zero-order valence-electron chi connectivity index (χ0n) is 10.7. The van der Waals surface area contributed by atoms with Gasteiger partial charge >= 0.3 is 11.9 Å². The third kappa shape index (κ3) is 4.53. The summed E-state index contributed by atoms with van der Waals surface area (Å²) in [5.74, 6) is -3.16. The van der Waals surface area contributed by atoms with Crippen molar-refractivity contribution in [3.63, 3.8) is 0 Å². The fraction of sp³-hybridized carbons (Fsp3) is 0.462. The first-order chi connectivity index (χ1) is 8.29. The molecule has 0 radical (unpaired) electrons. The normalized spacial score (nSPS) is 12.8. The molecule has 0 aromatic carbocycles. The van der Waals surface area contributed by atoms with Crippen LogP contribution in [-0.2, 0) is 20.7 Å². The van der Waals surface area contributed by atoms with Gasteiger partial charge in [-0.25, -0.2) is 0 Å². The zero-order valence-corrected chi connectivity index (χ0v) is 10.7. The van der Waals surface area contributed by atoms with Crippen molar-refractivity contribution in [1.29, 1.82) is 0 Å². The van der Waals surface area contributed by atoms with E-state index in [1.807, 2.05) is 0 Å². The lowest BCUT2D eigenvalue weighted by atomic mass is 10.0. The van der Waals surface area contributed by atoms with Gasteiger partial charge in [0.05, 0.1) is 0 Å². The molecule has 0 bridgehead atoms. The third-order valence-corrected chi connectivity index (χ3v) is 2.13. The number of aromatic nitrogens is 1. The Morgan fingerprint density at radius 2 is 2.06 bits per heavy atom. The number of hydrogen-bond donors (Lipinski definition) is 1. The number of rotatable bonds is 4. The average molecular weight is 251 g/mol. The van der Waals surface area contributed by atoms with Crippen LogP contribution in [0.15, 0.2) is 24.4 Å². The van der Waals surface area contributed by atoms with E-state index in [1.54, 1.807) is 45.2 Å². The number of esters is 1. The molecule has 0 fully saturated rings. The lowest BCUT2D eigenvalue weighted by Gasteiger charge is -2.22. The molecule has 98 valence electrons. The number of ether oxygens (including phenoxy) is 1. The molecule has 0 aliphatic carbocycles. The van der Waals surface area contributed by atoms with Crippen LogP contribution in [0.4, 0.5) is 0 Å². The molecule has 1 heterocycles. The van der Waals surface area contributed by atoms with Crippen molar-refractivity contribution < 1.29 is 19.4 Å². The topological polar surface area (TPSA) is 76.5 Å². The van der Waals surface area contributed by atoms with E-state index in [-0.39, 0.29) is 6.42 Å². The Hall–Kier alpha value is -1.91. The molecule has 1 rings (SSSR count). The van der Waals surface area contributed by atoms with Crippen molar-refractivity contribution in [1.82, 2.24) is 4.98 Å².